The summed E-state index contributed by atoms with van der Waals surface area (Å²) in [7, 11) is 0. The van der Waals surface area contributed by atoms with Crippen LogP contribution >= 0.6 is 11.8 Å². The summed E-state index contributed by atoms with van der Waals surface area (Å²) < 4.78 is 0. The van der Waals surface area contributed by atoms with Crippen LogP contribution < -0.4 is 10.6 Å². The first-order chi connectivity index (χ1) is 9.16. The molecular weight excluding hydrogens is 264 g/mol. The van der Waals surface area contributed by atoms with Crippen molar-refractivity contribution < 1.29 is 14.7 Å². The summed E-state index contributed by atoms with van der Waals surface area (Å²) in [5, 5.41) is 15.0. The van der Waals surface area contributed by atoms with Crippen LogP contribution in [0.4, 0.5) is 4.79 Å². The molecule has 1 aliphatic heterocycles. The van der Waals surface area contributed by atoms with E-state index in [1.54, 1.807) is 0 Å². The third kappa shape index (κ3) is 4.30. The Morgan fingerprint density at radius 3 is 2.37 bits per heavy atom. The summed E-state index contributed by atoms with van der Waals surface area (Å²) in [4.78, 5) is 23.1. The van der Waals surface area contributed by atoms with E-state index in [0.29, 0.717) is 6.42 Å². The van der Waals surface area contributed by atoms with E-state index in [4.69, 9.17) is 5.11 Å². The lowest BCUT2D eigenvalue weighted by molar-refractivity contribution is -0.143. The number of hydrogen-bond donors (Lipinski definition) is 3. The number of aliphatic carboxylic acids is 1. The Morgan fingerprint density at radius 2 is 1.68 bits per heavy atom. The maximum Gasteiger partial charge on any atom is 0.315 e. The van der Waals surface area contributed by atoms with Gasteiger partial charge in [0, 0.05) is 12.1 Å². The molecule has 2 atom stereocenters. The smallest absolute Gasteiger partial charge is 0.315 e. The molecule has 1 saturated heterocycles. The average molecular weight is 286 g/mol. The van der Waals surface area contributed by atoms with Crippen molar-refractivity contribution in [2.24, 2.45) is 5.92 Å². The van der Waals surface area contributed by atoms with E-state index in [9.17, 15) is 9.59 Å². The molecule has 6 heteroatoms. The molecule has 2 unspecified atom stereocenters. The van der Waals surface area contributed by atoms with E-state index in [0.717, 1.165) is 43.6 Å². The number of carboxylic acids is 1. The average Bonchev–Trinajstić information content (AvgIpc) is 2.40. The number of thioether (sulfide) groups is 1. The molecule has 1 saturated carbocycles. The van der Waals surface area contributed by atoms with Crippen molar-refractivity contribution in [3.05, 3.63) is 0 Å². The van der Waals surface area contributed by atoms with Gasteiger partial charge in [-0.1, -0.05) is 12.8 Å². The molecule has 19 heavy (non-hydrogen) atoms. The van der Waals surface area contributed by atoms with Gasteiger partial charge in [-0.05, 0) is 37.2 Å². The zero-order chi connectivity index (χ0) is 13.7. The van der Waals surface area contributed by atoms with E-state index < -0.39 is 11.9 Å². The number of urea groups is 1. The van der Waals surface area contributed by atoms with Crippen LogP contribution in [0, 0.1) is 5.92 Å². The number of carbonyl (C=O) groups is 2. The topological polar surface area (TPSA) is 78.4 Å². The molecule has 2 amide bonds. The predicted octanol–water partition coefficient (Wildman–Crippen LogP) is 1.82. The van der Waals surface area contributed by atoms with E-state index in [-0.39, 0.29) is 18.1 Å². The highest BCUT2D eigenvalue weighted by Gasteiger charge is 2.32. The van der Waals surface area contributed by atoms with Crippen molar-refractivity contribution in [1.29, 1.82) is 0 Å². The van der Waals surface area contributed by atoms with Gasteiger partial charge >= 0.3 is 12.0 Å². The minimum Gasteiger partial charge on any atom is -0.481 e. The van der Waals surface area contributed by atoms with Gasteiger partial charge in [0.05, 0.1) is 5.92 Å². The largest absolute Gasteiger partial charge is 0.481 e. The van der Waals surface area contributed by atoms with E-state index >= 15 is 0 Å². The van der Waals surface area contributed by atoms with Crippen LogP contribution in [0.15, 0.2) is 0 Å². The van der Waals surface area contributed by atoms with Gasteiger partial charge in [0.2, 0.25) is 0 Å². The predicted molar refractivity (Wildman–Crippen MR) is 75.4 cm³/mol. The molecule has 0 aromatic heterocycles. The van der Waals surface area contributed by atoms with Crippen molar-refractivity contribution in [2.45, 2.75) is 50.6 Å². The van der Waals surface area contributed by atoms with Gasteiger partial charge in [-0.25, -0.2) is 4.79 Å². The van der Waals surface area contributed by atoms with Gasteiger partial charge in [0.25, 0.3) is 0 Å². The van der Waals surface area contributed by atoms with Crippen molar-refractivity contribution in [1.82, 2.24) is 10.6 Å². The van der Waals surface area contributed by atoms with Crippen LogP contribution in [-0.4, -0.2) is 40.7 Å². The Hall–Kier alpha value is -0.910. The summed E-state index contributed by atoms with van der Waals surface area (Å²) in [6.45, 7) is 0. The number of hydrogen-bond acceptors (Lipinski definition) is 3. The highest BCUT2D eigenvalue weighted by Crippen LogP contribution is 2.24. The molecule has 0 aromatic carbocycles. The monoisotopic (exact) mass is 286 g/mol. The van der Waals surface area contributed by atoms with Gasteiger partial charge < -0.3 is 15.7 Å². The Kier molecular flexibility index (Phi) is 5.36. The second kappa shape index (κ2) is 7.03. The van der Waals surface area contributed by atoms with Crippen LogP contribution in [0.5, 0.6) is 0 Å². The van der Waals surface area contributed by atoms with Gasteiger partial charge in [-0.3, -0.25) is 4.79 Å². The summed E-state index contributed by atoms with van der Waals surface area (Å²) in [5.41, 5.74) is 0. The first kappa shape index (κ1) is 14.5. The SMILES string of the molecule is O=C(NC1CCSCC1)NC1CCCCC1C(=O)O. The highest BCUT2D eigenvalue weighted by atomic mass is 32.2. The van der Waals surface area contributed by atoms with Crippen molar-refractivity contribution >= 4 is 23.8 Å². The quantitative estimate of drug-likeness (QED) is 0.739. The highest BCUT2D eigenvalue weighted by molar-refractivity contribution is 7.99. The number of amides is 2. The Labute approximate surface area is 117 Å². The van der Waals surface area contributed by atoms with Crippen molar-refractivity contribution in [3.8, 4) is 0 Å². The van der Waals surface area contributed by atoms with Crippen molar-refractivity contribution in [3.63, 3.8) is 0 Å². The molecular formula is C13H22N2O3S. The maximum atomic E-state index is 11.9. The molecule has 2 rings (SSSR count). The summed E-state index contributed by atoms with van der Waals surface area (Å²) in [5.74, 6) is 0.957. The second-order valence-corrected chi connectivity index (χ2v) is 6.56. The van der Waals surface area contributed by atoms with Crippen LogP contribution in [0.3, 0.4) is 0 Å². The van der Waals surface area contributed by atoms with Gasteiger partial charge in [-0.15, -0.1) is 0 Å². The number of carboxylic acid groups (broad SMARTS) is 1. The standard InChI is InChI=1S/C13H22N2O3S/c16-12(17)10-3-1-2-4-11(10)15-13(18)14-9-5-7-19-8-6-9/h9-11H,1-8H2,(H,16,17)(H2,14,15,18). The first-order valence-corrected chi connectivity index (χ1v) is 8.20. The Balaban J connectivity index is 1.80. The molecule has 1 heterocycles. The first-order valence-electron chi connectivity index (χ1n) is 7.04. The van der Waals surface area contributed by atoms with E-state index in [1.807, 2.05) is 11.8 Å². The van der Waals surface area contributed by atoms with E-state index in [1.165, 1.54) is 0 Å². The Bertz CT molecular complexity index is 332. The molecule has 0 aromatic rings. The summed E-state index contributed by atoms with van der Waals surface area (Å²) in [6.07, 6.45) is 5.38. The van der Waals surface area contributed by atoms with E-state index in [2.05, 4.69) is 10.6 Å². The minimum absolute atomic E-state index is 0.199. The fraction of sp³-hybridized carbons (Fsp3) is 0.846. The molecule has 2 fully saturated rings. The van der Waals surface area contributed by atoms with Crippen LogP contribution in [0.2, 0.25) is 0 Å². The lowest BCUT2D eigenvalue weighted by Crippen LogP contribution is -2.51. The zero-order valence-corrected chi connectivity index (χ0v) is 11.9. The van der Waals surface area contributed by atoms with Gasteiger partial charge in [0.1, 0.15) is 0 Å². The molecule has 3 N–H and O–H groups in total. The molecule has 108 valence electrons. The number of carbonyl (C=O) groups excluding carboxylic acids is 1. The third-order valence-corrected chi connectivity index (χ3v) is 5.00. The number of nitrogens with one attached hydrogen (secondary N) is 2. The van der Waals surface area contributed by atoms with Crippen LogP contribution in [0.1, 0.15) is 38.5 Å². The molecule has 2 aliphatic rings. The molecule has 1 aliphatic carbocycles. The normalized spacial score (nSPS) is 28.6. The zero-order valence-electron chi connectivity index (χ0n) is 11.1. The number of rotatable bonds is 3. The summed E-state index contributed by atoms with van der Waals surface area (Å²) >= 11 is 1.92. The molecule has 0 spiro atoms. The van der Waals surface area contributed by atoms with Crippen LogP contribution in [-0.2, 0) is 4.79 Å². The lowest BCUT2D eigenvalue weighted by Gasteiger charge is -2.30. The fourth-order valence-electron chi connectivity index (χ4n) is 2.84. The fourth-order valence-corrected chi connectivity index (χ4v) is 3.94. The molecule has 5 nitrogen and oxygen atoms in total. The van der Waals surface area contributed by atoms with Crippen molar-refractivity contribution in [2.75, 3.05) is 11.5 Å². The maximum absolute atomic E-state index is 11.9. The lowest BCUT2D eigenvalue weighted by atomic mass is 9.84. The van der Waals surface area contributed by atoms with Gasteiger partial charge in [0.15, 0.2) is 0 Å². The second-order valence-electron chi connectivity index (χ2n) is 5.34. The van der Waals surface area contributed by atoms with Crippen LogP contribution in [0.25, 0.3) is 0 Å². The third-order valence-electron chi connectivity index (χ3n) is 3.96. The summed E-state index contributed by atoms with van der Waals surface area (Å²) in [6, 6.07) is -0.174. The minimum atomic E-state index is -0.793. The van der Waals surface area contributed by atoms with Gasteiger partial charge in [-0.2, -0.15) is 11.8 Å². The molecule has 0 bridgehead atoms. The Morgan fingerprint density at radius 1 is 1.00 bits per heavy atom. The molecule has 0 radical (unpaired) electrons.